The zero-order valence-corrected chi connectivity index (χ0v) is 13.3. The number of thiophene rings is 1. The molecule has 2 rings (SSSR count). The first kappa shape index (κ1) is 14.1. The van der Waals surface area contributed by atoms with E-state index in [-0.39, 0.29) is 6.04 Å². The van der Waals surface area contributed by atoms with Crippen LogP contribution in [0, 0.1) is 0 Å². The Hall–Kier alpha value is -0.350. The number of hydrogen-bond donors (Lipinski definition) is 1. The van der Waals surface area contributed by atoms with E-state index in [4.69, 9.17) is 11.6 Å². The maximum absolute atomic E-state index is 6.32. The molecule has 4 heteroatoms. The second kappa shape index (κ2) is 6.71. The van der Waals surface area contributed by atoms with Crippen LogP contribution in [-0.2, 0) is 0 Å². The molecule has 0 amide bonds. The summed E-state index contributed by atoms with van der Waals surface area (Å²) in [5, 5.41) is 8.64. The van der Waals surface area contributed by atoms with Crippen molar-refractivity contribution in [3.05, 3.63) is 55.6 Å². The third kappa shape index (κ3) is 3.15. The lowest BCUT2D eigenvalue weighted by molar-refractivity contribution is 0.598. The van der Waals surface area contributed by atoms with Crippen molar-refractivity contribution in [3.63, 3.8) is 0 Å². The van der Waals surface area contributed by atoms with E-state index in [1.54, 1.807) is 11.3 Å². The summed E-state index contributed by atoms with van der Waals surface area (Å²) in [6.45, 7) is 3.14. The minimum Gasteiger partial charge on any atom is -0.306 e. The van der Waals surface area contributed by atoms with Crippen LogP contribution in [0.15, 0.2) is 39.5 Å². The lowest BCUT2D eigenvalue weighted by atomic mass is 10.0. The van der Waals surface area contributed by atoms with E-state index in [9.17, 15) is 0 Å². The van der Waals surface area contributed by atoms with Crippen molar-refractivity contribution < 1.29 is 0 Å². The highest BCUT2D eigenvalue weighted by atomic mass is 79.9. The summed E-state index contributed by atoms with van der Waals surface area (Å²) < 4.78 is 1.14. The normalized spacial score (nSPS) is 12.6. The van der Waals surface area contributed by atoms with Crippen molar-refractivity contribution in [1.82, 2.24) is 5.32 Å². The van der Waals surface area contributed by atoms with Gasteiger partial charge in [0.25, 0.3) is 0 Å². The molecule has 0 aliphatic carbocycles. The topological polar surface area (TPSA) is 12.0 Å². The average molecular weight is 345 g/mol. The fourth-order valence-corrected chi connectivity index (χ4v) is 3.68. The monoisotopic (exact) mass is 343 g/mol. The molecule has 96 valence electrons. The molecule has 0 aliphatic heterocycles. The largest absolute Gasteiger partial charge is 0.306 e. The summed E-state index contributed by atoms with van der Waals surface area (Å²) in [4.78, 5) is 0. The van der Waals surface area contributed by atoms with Crippen molar-refractivity contribution in [2.24, 2.45) is 0 Å². The Kier molecular flexibility index (Phi) is 5.25. The Bertz CT molecular complexity index is 512. The van der Waals surface area contributed by atoms with Gasteiger partial charge in [0.1, 0.15) is 0 Å². The molecule has 0 saturated heterocycles. The summed E-state index contributed by atoms with van der Waals surface area (Å²) in [6, 6.07) is 8.17. The van der Waals surface area contributed by atoms with E-state index in [1.165, 1.54) is 5.56 Å². The van der Waals surface area contributed by atoms with Gasteiger partial charge in [-0.15, -0.1) is 0 Å². The van der Waals surface area contributed by atoms with E-state index >= 15 is 0 Å². The van der Waals surface area contributed by atoms with Gasteiger partial charge in [-0.05, 0) is 51.5 Å². The van der Waals surface area contributed by atoms with Gasteiger partial charge in [0.2, 0.25) is 0 Å². The highest BCUT2D eigenvalue weighted by Crippen LogP contribution is 2.34. The molecule has 1 unspecified atom stereocenters. The standard InChI is InChI=1S/C14H15BrClNS/c1-2-7-17-14(11-8-18-9-12(11)15)10-5-3-4-6-13(10)16/h3-6,8-9,14,17H,2,7H2,1H3. The molecule has 1 nitrogen and oxygen atoms in total. The molecule has 0 aliphatic rings. The molecule has 1 N–H and O–H groups in total. The Labute approximate surface area is 125 Å². The maximum Gasteiger partial charge on any atom is 0.0610 e. The van der Waals surface area contributed by atoms with Crippen LogP contribution in [-0.4, -0.2) is 6.54 Å². The number of rotatable bonds is 5. The van der Waals surface area contributed by atoms with Crippen LogP contribution in [0.5, 0.6) is 0 Å². The van der Waals surface area contributed by atoms with E-state index in [2.05, 4.69) is 45.0 Å². The molecule has 1 aromatic carbocycles. The number of nitrogens with one attached hydrogen (secondary N) is 1. The minimum atomic E-state index is 0.152. The summed E-state index contributed by atoms with van der Waals surface area (Å²) in [6.07, 6.45) is 1.10. The van der Waals surface area contributed by atoms with Crippen molar-refractivity contribution in [1.29, 1.82) is 0 Å². The molecule has 0 fully saturated rings. The average Bonchev–Trinajstić information content (AvgIpc) is 2.78. The van der Waals surface area contributed by atoms with Gasteiger partial charge in [-0.2, -0.15) is 11.3 Å². The van der Waals surface area contributed by atoms with Crippen molar-refractivity contribution in [2.75, 3.05) is 6.54 Å². The van der Waals surface area contributed by atoms with Gasteiger partial charge < -0.3 is 5.32 Å². The third-order valence-electron chi connectivity index (χ3n) is 2.77. The van der Waals surface area contributed by atoms with Crippen molar-refractivity contribution >= 4 is 38.9 Å². The second-order valence-electron chi connectivity index (χ2n) is 4.08. The number of benzene rings is 1. The zero-order valence-electron chi connectivity index (χ0n) is 10.1. The van der Waals surface area contributed by atoms with E-state index in [0.717, 1.165) is 28.0 Å². The second-order valence-corrected chi connectivity index (χ2v) is 6.09. The van der Waals surface area contributed by atoms with Gasteiger partial charge in [-0.1, -0.05) is 36.7 Å². The molecule has 1 heterocycles. The molecule has 1 atom stereocenters. The highest BCUT2D eigenvalue weighted by molar-refractivity contribution is 9.10. The fraction of sp³-hybridized carbons (Fsp3) is 0.286. The van der Waals surface area contributed by atoms with Gasteiger partial charge in [0, 0.05) is 14.9 Å². The van der Waals surface area contributed by atoms with Gasteiger partial charge in [-0.25, -0.2) is 0 Å². The predicted octanol–water partition coefficient (Wildman–Crippen LogP) is 5.25. The molecule has 18 heavy (non-hydrogen) atoms. The highest BCUT2D eigenvalue weighted by Gasteiger charge is 2.18. The quantitative estimate of drug-likeness (QED) is 0.781. The van der Waals surface area contributed by atoms with E-state index in [0.29, 0.717) is 0 Å². The Morgan fingerprint density at radius 2 is 2.06 bits per heavy atom. The number of halogens is 2. The lowest BCUT2D eigenvalue weighted by Gasteiger charge is -2.20. The van der Waals surface area contributed by atoms with Crippen molar-refractivity contribution in [3.8, 4) is 0 Å². The summed E-state index contributed by atoms with van der Waals surface area (Å²) in [5.74, 6) is 0. The predicted molar refractivity (Wildman–Crippen MR) is 83.6 cm³/mol. The first-order valence-corrected chi connectivity index (χ1v) is 8.04. The van der Waals surface area contributed by atoms with Gasteiger partial charge in [-0.3, -0.25) is 0 Å². The SMILES string of the molecule is CCCNC(c1ccccc1Cl)c1cscc1Br. The van der Waals surface area contributed by atoms with Crippen LogP contribution < -0.4 is 5.32 Å². The Morgan fingerprint density at radius 3 is 2.67 bits per heavy atom. The van der Waals surface area contributed by atoms with Crippen LogP contribution in [0.1, 0.15) is 30.5 Å². The lowest BCUT2D eigenvalue weighted by Crippen LogP contribution is -2.23. The molecule has 0 spiro atoms. The molecule has 0 radical (unpaired) electrons. The molecular weight excluding hydrogens is 330 g/mol. The van der Waals surface area contributed by atoms with Crippen LogP contribution in [0.4, 0.5) is 0 Å². The number of hydrogen-bond acceptors (Lipinski definition) is 2. The maximum atomic E-state index is 6.32. The van der Waals surface area contributed by atoms with Crippen molar-refractivity contribution in [2.45, 2.75) is 19.4 Å². The summed E-state index contributed by atoms with van der Waals surface area (Å²) in [7, 11) is 0. The zero-order chi connectivity index (χ0) is 13.0. The molecule has 2 aromatic rings. The van der Waals surface area contributed by atoms with Gasteiger partial charge >= 0.3 is 0 Å². The first-order chi connectivity index (χ1) is 8.74. The summed E-state index contributed by atoms with van der Waals surface area (Å²) in [5.41, 5.74) is 2.38. The molecule has 1 aromatic heterocycles. The van der Waals surface area contributed by atoms with E-state index < -0.39 is 0 Å². The Morgan fingerprint density at radius 1 is 1.28 bits per heavy atom. The van der Waals surface area contributed by atoms with E-state index in [1.807, 2.05) is 18.2 Å². The van der Waals surface area contributed by atoms with Gasteiger partial charge in [0.15, 0.2) is 0 Å². The fourth-order valence-electron chi connectivity index (χ4n) is 1.88. The minimum absolute atomic E-state index is 0.152. The summed E-state index contributed by atoms with van der Waals surface area (Å²) >= 11 is 11.6. The molecule has 0 saturated carbocycles. The first-order valence-electron chi connectivity index (χ1n) is 5.93. The van der Waals surface area contributed by atoms with Gasteiger partial charge in [0.05, 0.1) is 6.04 Å². The van der Waals surface area contributed by atoms with Crippen LogP contribution in [0.2, 0.25) is 5.02 Å². The Balaban J connectivity index is 2.37. The van der Waals surface area contributed by atoms with Crippen LogP contribution in [0.25, 0.3) is 0 Å². The van der Waals surface area contributed by atoms with Crippen LogP contribution in [0.3, 0.4) is 0 Å². The third-order valence-corrected chi connectivity index (χ3v) is 4.86. The molecular formula is C14H15BrClNS. The molecule has 0 bridgehead atoms. The smallest absolute Gasteiger partial charge is 0.0610 e. The van der Waals surface area contributed by atoms with Crippen LogP contribution >= 0.6 is 38.9 Å².